The van der Waals surface area contributed by atoms with Crippen molar-refractivity contribution in [3.63, 3.8) is 0 Å². The average Bonchev–Trinajstić information content (AvgIpc) is 2.15. The molecule has 1 atom stereocenters. The normalized spacial score (nSPS) is 20.9. The van der Waals surface area contributed by atoms with Crippen LogP contribution in [0.3, 0.4) is 0 Å². The van der Waals surface area contributed by atoms with Crippen molar-refractivity contribution in [2.24, 2.45) is 0 Å². The van der Waals surface area contributed by atoms with Crippen LogP contribution in [0.2, 0.25) is 0 Å². The monoisotopic (exact) mass is 166 g/mol. The van der Waals surface area contributed by atoms with Gasteiger partial charge in [0.2, 0.25) is 0 Å². The summed E-state index contributed by atoms with van der Waals surface area (Å²) in [5, 5.41) is 0.941. The summed E-state index contributed by atoms with van der Waals surface area (Å²) in [5.74, 6) is 0. The van der Waals surface area contributed by atoms with Crippen molar-refractivity contribution in [1.29, 1.82) is 0 Å². The Bertz CT molecular complexity index is 172. The highest BCUT2D eigenvalue weighted by atomic mass is 32.2. The lowest BCUT2D eigenvalue weighted by Crippen LogP contribution is -2.39. The maximum atomic E-state index is 10.5. The summed E-state index contributed by atoms with van der Waals surface area (Å²) in [6, 6.07) is 0. The first-order valence-electron chi connectivity index (χ1n) is 2.51. The van der Waals surface area contributed by atoms with E-state index < -0.39 is 17.4 Å². The largest absolute Gasteiger partial charge is 0.446 e. The van der Waals surface area contributed by atoms with Crippen molar-refractivity contribution in [3.05, 3.63) is 0 Å². The predicted octanol–water partition coefficient (Wildman–Crippen LogP) is -0.920. The van der Waals surface area contributed by atoms with Gasteiger partial charge in [-0.1, -0.05) is 0 Å². The highest BCUT2D eigenvalue weighted by molar-refractivity contribution is 7.77. The molecule has 0 aromatic carbocycles. The Kier molecular flexibility index (Phi) is 2.20. The van der Waals surface area contributed by atoms with Crippen LogP contribution >= 0.6 is 0 Å². The number of hydrogen-bond donors (Lipinski definition) is 2. The molecule has 58 valence electrons. The molecule has 0 aromatic rings. The molecular weight excluding hydrogens is 160 g/mol. The van der Waals surface area contributed by atoms with E-state index in [0.717, 1.165) is 5.01 Å². The number of nitrogens with zero attached hydrogens (tertiary/aromatic N) is 1. The average molecular weight is 166 g/mol. The number of hydrogen-bond acceptors (Lipinski definition) is 3. The van der Waals surface area contributed by atoms with Crippen molar-refractivity contribution >= 4 is 17.4 Å². The minimum Gasteiger partial charge on any atom is -0.446 e. The van der Waals surface area contributed by atoms with Crippen LogP contribution in [0, 0.1) is 0 Å². The van der Waals surface area contributed by atoms with E-state index in [1.54, 1.807) is 0 Å². The highest BCUT2D eigenvalue weighted by Crippen LogP contribution is 1.98. The van der Waals surface area contributed by atoms with E-state index >= 15 is 0 Å². The molecule has 0 radical (unpaired) electrons. The van der Waals surface area contributed by atoms with Crippen LogP contribution in [0.5, 0.6) is 0 Å². The Morgan fingerprint density at radius 3 is 2.90 bits per heavy atom. The number of nitrogens with one attached hydrogen (secondary N) is 1. The van der Waals surface area contributed by atoms with Gasteiger partial charge in [-0.05, 0) is 0 Å². The maximum Gasteiger partial charge on any atom is 0.425 e. The van der Waals surface area contributed by atoms with Crippen LogP contribution in [-0.2, 0) is 16.0 Å². The van der Waals surface area contributed by atoms with Crippen molar-refractivity contribution in [3.8, 4) is 0 Å². The lowest BCUT2D eigenvalue weighted by Gasteiger charge is -2.08. The fourth-order valence-corrected chi connectivity index (χ4v) is 0.925. The van der Waals surface area contributed by atoms with E-state index in [2.05, 4.69) is 4.74 Å². The molecule has 0 saturated carbocycles. The third kappa shape index (κ3) is 1.66. The predicted molar refractivity (Wildman–Crippen MR) is 32.0 cm³/mol. The summed E-state index contributed by atoms with van der Waals surface area (Å²) in [4.78, 5) is 12.5. The van der Waals surface area contributed by atoms with Gasteiger partial charge in [0, 0.05) is 0 Å². The number of amides is 1. The standard InChI is InChI=1S/C3H6N2O4S/c6-3-5(1-2-9-3)4-10(7)8/h4H,1-2H2,(H,7,8). The fourth-order valence-electron chi connectivity index (χ4n) is 0.571. The van der Waals surface area contributed by atoms with Crippen LogP contribution < -0.4 is 4.83 Å². The number of rotatable bonds is 2. The second-order valence-electron chi connectivity index (χ2n) is 1.61. The van der Waals surface area contributed by atoms with Gasteiger partial charge >= 0.3 is 6.09 Å². The van der Waals surface area contributed by atoms with E-state index in [1.807, 2.05) is 4.83 Å². The minimum atomic E-state index is -2.20. The van der Waals surface area contributed by atoms with Gasteiger partial charge in [0.15, 0.2) is 0 Å². The second kappa shape index (κ2) is 2.95. The number of hydrazine groups is 1. The van der Waals surface area contributed by atoms with Crippen LogP contribution in [0.4, 0.5) is 4.79 Å². The van der Waals surface area contributed by atoms with E-state index in [-0.39, 0.29) is 6.61 Å². The maximum absolute atomic E-state index is 10.5. The molecule has 10 heavy (non-hydrogen) atoms. The molecule has 2 N–H and O–H groups in total. The quantitative estimate of drug-likeness (QED) is 0.520. The lowest BCUT2D eigenvalue weighted by molar-refractivity contribution is 0.154. The first-order chi connectivity index (χ1) is 4.70. The Balaban J connectivity index is 2.40. The fraction of sp³-hybridized carbons (Fsp3) is 0.667. The summed E-state index contributed by atoms with van der Waals surface area (Å²) in [7, 11) is 0. The molecule has 1 rings (SSSR count). The van der Waals surface area contributed by atoms with Crippen molar-refractivity contribution in [2.45, 2.75) is 0 Å². The molecule has 0 spiro atoms. The molecule has 0 aliphatic carbocycles. The van der Waals surface area contributed by atoms with Gasteiger partial charge < -0.3 is 4.74 Å². The highest BCUT2D eigenvalue weighted by Gasteiger charge is 2.22. The topological polar surface area (TPSA) is 78.9 Å². The Hall–Kier alpha value is -0.660. The van der Waals surface area contributed by atoms with Crippen molar-refractivity contribution in [1.82, 2.24) is 9.84 Å². The van der Waals surface area contributed by atoms with E-state index in [9.17, 15) is 9.00 Å². The van der Waals surface area contributed by atoms with Gasteiger partial charge in [0.25, 0.3) is 11.3 Å². The SMILES string of the molecule is O=C1OCCN1NS(=O)O. The molecule has 1 amide bonds. The Labute approximate surface area is 59.5 Å². The number of cyclic esters (lactones) is 1. The molecule has 1 heterocycles. The van der Waals surface area contributed by atoms with Crippen LogP contribution in [-0.4, -0.2) is 33.0 Å². The van der Waals surface area contributed by atoms with Gasteiger partial charge in [0.05, 0.1) is 6.54 Å². The summed E-state index contributed by atoms with van der Waals surface area (Å²) in [6.45, 7) is 0.550. The molecule has 1 unspecified atom stereocenters. The molecule has 6 nitrogen and oxygen atoms in total. The third-order valence-corrected chi connectivity index (χ3v) is 1.33. The van der Waals surface area contributed by atoms with Crippen LogP contribution in [0.1, 0.15) is 0 Å². The zero-order chi connectivity index (χ0) is 7.56. The molecule has 0 bridgehead atoms. The molecule has 1 saturated heterocycles. The number of ether oxygens (including phenoxy) is 1. The molecule has 0 aromatic heterocycles. The van der Waals surface area contributed by atoms with Gasteiger partial charge in [-0.3, -0.25) is 4.55 Å². The van der Waals surface area contributed by atoms with Crippen molar-refractivity contribution < 1.29 is 18.3 Å². The third-order valence-electron chi connectivity index (χ3n) is 0.949. The Morgan fingerprint density at radius 1 is 1.80 bits per heavy atom. The minimum absolute atomic E-state index is 0.253. The van der Waals surface area contributed by atoms with Crippen LogP contribution in [0.15, 0.2) is 0 Å². The number of carbonyl (C=O) groups excluding carboxylic acids is 1. The summed E-state index contributed by atoms with van der Waals surface area (Å²) >= 11 is -2.20. The van der Waals surface area contributed by atoms with Gasteiger partial charge in [-0.2, -0.15) is 0 Å². The lowest BCUT2D eigenvalue weighted by atomic mass is 10.7. The number of carbonyl (C=O) groups is 1. The zero-order valence-electron chi connectivity index (χ0n) is 4.94. The van der Waals surface area contributed by atoms with Gasteiger partial charge in [-0.15, -0.1) is 4.83 Å². The molecule has 1 aliphatic rings. The molecule has 7 heteroatoms. The van der Waals surface area contributed by atoms with Gasteiger partial charge in [0.1, 0.15) is 6.61 Å². The summed E-state index contributed by atoms with van der Waals surface area (Å²) in [5.41, 5.74) is 0. The summed E-state index contributed by atoms with van der Waals surface area (Å²) in [6.07, 6.45) is -0.623. The molecule has 1 fully saturated rings. The first-order valence-corrected chi connectivity index (χ1v) is 3.62. The molecular formula is C3H6N2O4S. The van der Waals surface area contributed by atoms with E-state index in [1.165, 1.54) is 0 Å². The summed E-state index contributed by atoms with van der Waals surface area (Å²) < 4.78 is 22.7. The smallest absolute Gasteiger partial charge is 0.425 e. The van der Waals surface area contributed by atoms with Crippen molar-refractivity contribution in [2.75, 3.05) is 13.2 Å². The van der Waals surface area contributed by atoms with Gasteiger partial charge in [-0.25, -0.2) is 14.0 Å². The van der Waals surface area contributed by atoms with E-state index in [0.29, 0.717) is 6.54 Å². The Morgan fingerprint density at radius 2 is 2.50 bits per heavy atom. The van der Waals surface area contributed by atoms with Crippen LogP contribution in [0.25, 0.3) is 0 Å². The van der Waals surface area contributed by atoms with E-state index in [4.69, 9.17) is 4.55 Å². The zero-order valence-corrected chi connectivity index (χ0v) is 5.76. The second-order valence-corrected chi connectivity index (χ2v) is 2.29. The first kappa shape index (κ1) is 7.45. The molecule has 1 aliphatic heterocycles.